The molecule has 182 valence electrons. The number of hydrogen-bond donors (Lipinski definition) is 4. The summed E-state index contributed by atoms with van der Waals surface area (Å²) in [4.78, 5) is 49.9. The molecular formula is C23H33N3O7. The van der Waals surface area contributed by atoms with Crippen LogP contribution in [0.5, 0.6) is 0 Å². The van der Waals surface area contributed by atoms with Crippen LogP contribution < -0.4 is 11.1 Å². The molecule has 1 saturated heterocycles. The van der Waals surface area contributed by atoms with E-state index >= 15 is 0 Å². The van der Waals surface area contributed by atoms with E-state index in [0.29, 0.717) is 19.3 Å². The lowest BCUT2D eigenvalue weighted by molar-refractivity contribution is -0.152. The monoisotopic (exact) mass is 463 g/mol. The number of nitrogens with two attached hydrogens (primary N) is 1. The maximum atomic E-state index is 13.4. The van der Waals surface area contributed by atoms with Crippen molar-refractivity contribution in [2.75, 3.05) is 13.2 Å². The summed E-state index contributed by atoms with van der Waals surface area (Å²) in [6.45, 7) is 2.12. The second-order valence-corrected chi connectivity index (χ2v) is 8.18. The SMILES string of the molecule is CCOC(=O)CCC[C@@](N)(NC(CCc1ccccc1)C(=O)O)C(=O)N1CCC[C@H]1C(=O)O. The number of aliphatic carboxylic acids is 2. The zero-order chi connectivity index (χ0) is 24.4. The number of esters is 1. The first-order chi connectivity index (χ1) is 15.7. The van der Waals surface area contributed by atoms with E-state index < -0.39 is 41.6 Å². The number of carbonyl (C=O) groups excluding carboxylic acids is 2. The number of likely N-dealkylation sites (tertiary alicyclic amines) is 1. The van der Waals surface area contributed by atoms with Crippen LogP contribution in [-0.2, 0) is 30.3 Å². The fourth-order valence-electron chi connectivity index (χ4n) is 4.03. The molecule has 1 amide bonds. The van der Waals surface area contributed by atoms with Crippen LogP contribution >= 0.6 is 0 Å². The Hall–Kier alpha value is -2.98. The highest BCUT2D eigenvalue weighted by Crippen LogP contribution is 2.23. The summed E-state index contributed by atoms with van der Waals surface area (Å²) in [6, 6.07) is 7.15. The van der Waals surface area contributed by atoms with E-state index in [1.807, 2.05) is 30.3 Å². The minimum absolute atomic E-state index is 0.00582. The van der Waals surface area contributed by atoms with Crippen molar-refractivity contribution in [3.8, 4) is 0 Å². The normalized spacial score (nSPS) is 18.4. The average molecular weight is 464 g/mol. The summed E-state index contributed by atoms with van der Waals surface area (Å²) < 4.78 is 4.90. The van der Waals surface area contributed by atoms with Gasteiger partial charge in [0, 0.05) is 13.0 Å². The zero-order valence-corrected chi connectivity index (χ0v) is 18.9. The fraction of sp³-hybridized carbons (Fsp3) is 0.565. The molecule has 1 aromatic carbocycles. The fourth-order valence-corrected chi connectivity index (χ4v) is 4.03. The van der Waals surface area contributed by atoms with Crippen LogP contribution in [0.25, 0.3) is 0 Å². The predicted octanol–water partition coefficient (Wildman–Crippen LogP) is 1.13. The minimum Gasteiger partial charge on any atom is -0.480 e. The van der Waals surface area contributed by atoms with Crippen LogP contribution in [0.1, 0.15) is 51.0 Å². The van der Waals surface area contributed by atoms with Gasteiger partial charge in [-0.05, 0) is 51.0 Å². The third-order valence-corrected chi connectivity index (χ3v) is 5.73. The van der Waals surface area contributed by atoms with Crippen molar-refractivity contribution in [2.24, 2.45) is 5.73 Å². The highest BCUT2D eigenvalue weighted by atomic mass is 16.5. The standard InChI is InChI=1S/C23H33N3O7/c1-2-33-19(27)11-6-14-23(24,22(32)26-15-7-10-18(26)21(30)31)25-17(20(28)29)13-12-16-8-4-3-5-9-16/h3-5,8-9,17-18,25H,2,6-7,10-15,24H2,1H3,(H,28,29)(H,30,31)/t17?,18-,23+/m0/s1. The highest BCUT2D eigenvalue weighted by Gasteiger charge is 2.45. The van der Waals surface area contributed by atoms with E-state index in [2.05, 4.69) is 5.32 Å². The Morgan fingerprint density at radius 2 is 1.94 bits per heavy atom. The quantitative estimate of drug-likeness (QED) is 0.248. The first kappa shape index (κ1) is 26.3. The van der Waals surface area contributed by atoms with Gasteiger partial charge in [0.15, 0.2) is 0 Å². The smallest absolute Gasteiger partial charge is 0.326 e. The second-order valence-electron chi connectivity index (χ2n) is 8.18. The molecule has 0 aliphatic carbocycles. The number of aryl methyl sites for hydroxylation is 1. The second kappa shape index (κ2) is 12.3. The molecule has 0 radical (unpaired) electrons. The Bertz CT molecular complexity index is 833. The van der Waals surface area contributed by atoms with E-state index in [4.69, 9.17) is 10.5 Å². The average Bonchev–Trinajstić information content (AvgIpc) is 3.27. The molecule has 1 aliphatic rings. The zero-order valence-electron chi connectivity index (χ0n) is 18.9. The Kier molecular flexibility index (Phi) is 9.80. The van der Waals surface area contributed by atoms with Crippen LogP contribution in [0.4, 0.5) is 0 Å². The summed E-state index contributed by atoms with van der Waals surface area (Å²) in [5, 5.41) is 22.0. The third-order valence-electron chi connectivity index (χ3n) is 5.73. The van der Waals surface area contributed by atoms with Gasteiger partial charge in [0.1, 0.15) is 17.7 Å². The van der Waals surface area contributed by atoms with Crippen molar-refractivity contribution in [2.45, 2.75) is 69.6 Å². The molecule has 0 bridgehead atoms. The first-order valence-corrected chi connectivity index (χ1v) is 11.2. The highest BCUT2D eigenvalue weighted by molar-refractivity contribution is 5.91. The lowest BCUT2D eigenvalue weighted by Gasteiger charge is -2.37. The molecule has 0 spiro atoms. The van der Waals surface area contributed by atoms with E-state index in [9.17, 15) is 29.4 Å². The molecule has 0 saturated carbocycles. The van der Waals surface area contributed by atoms with Gasteiger partial charge in [0.25, 0.3) is 5.91 Å². The van der Waals surface area contributed by atoms with E-state index in [1.54, 1.807) is 6.92 Å². The van der Waals surface area contributed by atoms with Crippen molar-refractivity contribution in [1.29, 1.82) is 0 Å². The molecule has 2 rings (SSSR count). The summed E-state index contributed by atoms with van der Waals surface area (Å²) in [6.07, 6.45) is 1.55. The maximum Gasteiger partial charge on any atom is 0.326 e. The van der Waals surface area contributed by atoms with Gasteiger partial charge in [0.05, 0.1) is 6.61 Å². The number of amides is 1. The number of carboxylic acid groups (broad SMARTS) is 2. The van der Waals surface area contributed by atoms with E-state index in [1.165, 1.54) is 4.90 Å². The minimum atomic E-state index is -1.84. The number of carboxylic acids is 2. The molecule has 5 N–H and O–H groups in total. The largest absolute Gasteiger partial charge is 0.480 e. The lowest BCUT2D eigenvalue weighted by atomic mass is 9.97. The number of nitrogens with one attached hydrogen (secondary N) is 1. The molecule has 10 heteroatoms. The molecule has 1 aliphatic heterocycles. The number of hydrogen-bond acceptors (Lipinski definition) is 7. The van der Waals surface area contributed by atoms with Crippen LogP contribution in [0.3, 0.4) is 0 Å². The van der Waals surface area contributed by atoms with Crippen LogP contribution in [0.15, 0.2) is 30.3 Å². The molecule has 0 aromatic heterocycles. The van der Waals surface area contributed by atoms with Gasteiger partial charge in [-0.2, -0.15) is 0 Å². The molecule has 1 fully saturated rings. The van der Waals surface area contributed by atoms with Crippen LogP contribution in [0, 0.1) is 0 Å². The van der Waals surface area contributed by atoms with Gasteiger partial charge in [0.2, 0.25) is 0 Å². The molecular weight excluding hydrogens is 430 g/mol. The van der Waals surface area contributed by atoms with Gasteiger partial charge in [-0.15, -0.1) is 0 Å². The topological polar surface area (TPSA) is 159 Å². The Morgan fingerprint density at radius 3 is 2.55 bits per heavy atom. The van der Waals surface area contributed by atoms with Crippen molar-refractivity contribution in [1.82, 2.24) is 10.2 Å². The Morgan fingerprint density at radius 1 is 1.24 bits per heavy atom. The molecule has 33 heavy (non-hydrogen) atoms. The molecule has 1 unspecified atom stereocenters. The number of rotatable bonds is 13. The van der Waals surface area contributed by atoms with Crippen molar-refractivity contribution in [3.63, 3.8) is 0 Å². The predicted molar refractivity (Wildman–Crippen MR) is 119 cm³/mol. The number of carbonyl (C=O) groups is 4. The van der Waals surface area contributed by atoms with E-state index in [-0.39, 0.29) is 38.8 Å². The Labute approximate surface area is 193 Å². The van der Waals surface area contributed by atoms with Gasteiger partial charge >= 0.3 is 17.9 Å². The van der Waals surface area contributed by atoms with E-state index in [0.717, 1.165) is 5.56 Å². The van der Waals surface area contributed by atoms with Gasteiger partial charge in [-0.25, -0.2) is 4.79 Å². The van der Waals surface area contributed by atoms with Crippen molar-refractivity contribution < 1.29 is 34.1 Å². The molecule has 3 atom stereocenters. The van der Waals surface area contributed by atoms with Crippen LogP contribution in [-0.4, -0.2) is 69.8 Å². The van der Waals surface area contributed by atoms with Gasteiger partial charge in [-0.3, -0.25) is 19.7 Å². The summed E-state index contributed by atoms with van der Waals surface area (Å²) in [5.74, 6) is -3.43. The third kappa shape index (κ3) is 7.54. The van der Waals surface area contributed by atoms with Crippen molar-refractivity contribution in [3.05, 3.63) is 35.9 Å². The summed E-state index contributed by atoms with van der Waals surface area (Å²) in [5.41, 5.74) is 5.54. The molecule has 1 heterocycles. The Balaban J connectivity index is 2.19. The number of nitrogens with zero attached hydrogens (tertiary/aromatic N) is 1. The summed E-state index contributed by atoms with van der Waals surface area (Å²) in [7, 11) is 0. The molecule has 1 aromatic rings. The number of ether oxygens (including phenoxy) is 1. The van der Waals surface area contributed by atoms with Gasteiger partial charge < -0.3 is 25.6 Å². The number of benzene rings is 1. The molecule has 10 nitrogen and oxygen atoms in total. The summed E-state index contributed by atoms with van der Waals surface area (Å²) >= 11 is 0. The lowest BCUT2D eigenvalue weighted by Crippen LogP contribution is -2.68. The van der Waals surface area contributed by atoms with Crippen LogP contribution in [0.2, 0.25) is 0 Å². The maximum absolute atomic E-state index is 13.4. The van der Waals surface area contributed by atoms with Crippen molar-refractivity contribution >= 4 is 23.8 Å². The van der Waals surface area contributed by atoms with Gasteiger partial charge in [-0.1, -0.05) is 30.3 Å². The first-order valence-electron chi connectivity index (χ1n) is 11.2.